The van der Waals surface area contributed by atoms with E-state index in [2.05, 4.69) is 15.0 Å². The van der Waals surface area contributed by atoms with Gasteiger partial charge in [-0.1, -0.05) is 12.1 Å². The van der Waals surface area contributed by atoms with Gasteiger partial charge in [-0.25, -0.2) is 4.79 Å². The second-order valence-electron chi connectivity index (χ2n) is 4.40. The van der Waals surface area contributed by atoms with Crippen LogP contribution in [0.25, 0.3) is 0 Å². The molecule has 21 heavy (non-hydrogen) atoms. The fourth-order valence-corrected chi connectivity index (χ4v) is 1.77. The van der Waals surface area contributed by atoms with Crippen molar-refractivity contribution < 1.29 is 14.3 Å². The minimum Gasteiger partial charge on any atom is -0.465 e. The van der Waals surface area contributed by atoms with Crippen LogP contribution in [0.5, 0.6) is 0 Å². The van der Waals surface area contributed by atoms with Crippen molar-refractivity contribution in [2.24, 2.45) is 0 Å². The predicted octanol–water partition coefficient (Wildman–Crippen LogP) is 1.72. The van der Waals surface area contributed by atoms with E-state index in [4.69, 9.17) is 0 Å². The Balaban J connectivity index is 2.28. The summed E-state index contributed by atoms with van der Waals surface area (Å²) in [6, 6.07) is 9.15. The molecule has 1 aromatic carbocycles. The van der Waals surface area contributed by atoms with Gasteiger partial charge in [-0.2, -0.15) is 0 Å². The third-order valence-electron chi connectivity index (χ3n) is 2.92. The van der Waals surface area contributed by atoms with Gasteiger partial charge >= 0.3 is 5.97 Å². The Bertz CT molecular complexity index is 749. The van der Waals surface area contributed by atoms with Crippen molar-refractivity contribution in [2.75, 3.05) is 12.4 Å². The zero-order valence-electron chi connectivity index (χ0n) is 11.6. The van der Waals surface area contributed by atoms with Crippen molar-refractivity contribution in [2.45, 2.75) is 6.92 Å². The highest BCUT2D eigenvalue weighted by molar-refractivity contribution is 6.04. The first kappa shape index (κ1) is 14.5. The first-order valence-electron chi connectivity index (χ1n) is 6.21. The zero-order valence-corrected chi connectivity index (χ0v) is 11.6. The number of aromatic nitrogens is 1. The molecule has 6 heteroatoms. The van der Waals surface area contributed by atoms with Gasteiger partial charge in [-0.05, 0) is 30.7 Å². The van der Waals surface area contributed by atoms with Crippen molar-refractivity contribution in [1.82, 2.24) is 4.98 Å². The van der Waals surface area contributed by atoms with Crippen molar-refractivity contribution >= 4 is 17.6 Å². The van der Waals surface area contributed by atoms with Crippen molar-refractivity contribution in [3.8, 4) is 0 Å². The molecule has 2 rings (SSSR count). The van der Waals surface area contributed by atoms with Crippen LogP contribution in [0.1, 0.15) is 26.4 Å². The monoisotopic (exact) mass is 286 g/mol. The summed E-state index contributed by atoms with van der Waals surface area (Å²) in [7, 11) is 1.29. The van der Waals surface area contributed by atoms with Crippen LogP contribution < -0.4 is 10.9 Å². The SMILES string of the molecule is COC(=O)c1ccc(C)c(NC(=O)c2cccc(=O)[nH]2)c1. The van der Waals surface area contributed by atoms with Gasteiger partial charge < -0.3 is 15.0 Å². The summed E-state index contributed by atoms with van der Waals surface area (Å²) >= 11 is 0. The third-order valence-corrected chi connectivity index (χ3v) is 2.92. The van der Waals surface area contributed by atoms with Gasteiger partial charge in [0.05, 0.1) is 12.7 Å². The normalized spacial score (nSPS) is 10.0. The minimum absolute atomic E-state index is 0.144. The zero-order chi connectivity index (χ0) is 15.4. The molecule has 2 N–H and O–H groups in total. The lowest BCUT2D eigenvalue weighted by atomic mass is 10.1. The molecule has 1 heterocycles. The van der Waals surface area contributed by atoms with Gasteiger partial charge in [0.15, 0.2) is 0 Å². The highest BCUT2D eigenvalue weighted by Gasteiger charge is 2.12. The molecule has 108 valence electrons. The summed E-state index contributed by atoms with van der Waals surface area (Å²) in [5.74, 6) is -0.948. The standard InChI is InChI=1S/C15H14N2O4/c1-9-6-7-10(15(20)21-2)8-12(9)17-14(19)11-4-3-5-13(18)16-11/h3-8H,1-2H3,(H,16,18)(H,17,19). The van der Waals surface area contributed by atoms with E-state index in [-0.39, 0.29) is 11.3 Å². The van der Waals surface area contributed by atoms with Gasteiger partial charge in [0.2, 0.25) is 5.56 Å². The summed E-state index contributed by atoms with van der Waals surface area (Å²) in [6.45, 7) is 1.80. The first-order chi connectivity index (χ1) is 10.0. The molecule has 1 amide bonds. The molecule has 6 nitrogen and oxygen atoms in total. The number of esters is 1. The molecule has 0 bridgehead atoms. The van der Waals surface area contributed by atoms with Crippen molar-refractivity contribution in [3.05, 3.63) is 63.6 Å². The van der Waals surface area contributed by atoms with Crippen LogP contribution in [0.2, 0.25) is 0 Å². The van der Waals surface area contributed by atoms with Gasteiger partial charge in [-0.3, -0.25) is 9.59 Å². The lowest BCUT2D eigenvalue weighted by Crippen LogP contribution is -2.18. The number of aromatic amines is 1. The number of nitrogens with one attached hydrogen (secondary N) is 2. The molecule has 1 aromatic heterocycles. The molecule has 0 unspecified atom stereocenters. The molecule has 0 spiro atoms. The van der Waals surface area contributed by atoms with E-state index in [1.54, 1.807) is 19.1 Å². The maximum Gasteiger partial charge on any atom is 0.337 e. The van der Waals surface area contributed by atoms with Gasteiger partial charge in [-0.15, -0.1) is 0 Å². The predicted molar refractivity (Wildman–Crippen MR) is 77.5 cm³/mol. The van der Waals surface area contributed by atoms with Crippen LogP contribution in [-0.4, -0.2) is 24.0 Å². The number of ether oxygens (including phenoxy) is 1. The van der Waals surface area contributed by atoms with Gasteiger partial charge in [0, 0.05) is 11.8 Å². The Labute approximate surface area is 120 Å². The maximum atomic E-state index is 12.1. The van der Waals surface area contributed by atoms with Crippen LogP contribution in [0.4, 0.5) is 5.69 Å². The topological polar surface area (TPSA) is 88.3 Å². The quantitative estimate of drug-likeness (QED) is 0.841. The molecule has 0 aliphatic rings. The maximum absolute atomic E-state index is 12.1. The number of amides is 1. The number of pyridine rings is 1. The third kappa shape index (κ3) is 3.36. The number of aryl methyl sites for hydroxylation is 1. The molecule has 0 atom stereocenters. The van der Waals surface area contributed by atoms with Crippen molar-refractivity contribution in [3.63, 3.8) is 0 Å². The lowest BCUT2D eigenvalue weighted by Gasteiger charge is -2.10. The average molecular weight is 286 g/mol. The molecule has 0 saturated carbocycles. The average Bonchev–Trinajstić information content (AvgIpc) is 2.48. The smallest absolute Gasteiger partial charge is 0.337 e. The Morgan fingerprint density at radius 3 is 2.62 bits per heavy atom. The van der Waals surface area contributed by atoms with Crippen LogP contribution in [0, 0.1) is 6.92 Å². The van der Waals surface area contributed by atoms with Gasteiger partial charge in [0.25, 0.3) is 5.91 Å². The molecular formula is C15H14N2O4. The summed E-state index contributed by atoms with van der Waals surface area (Å²) in [5.41, 5.74) is 1.38. The summed E-state index contributed by atoms with van der Waals surface area (Å²) in [4.78, 5) is 37.2. The molecule has 0 radical (unpaired) electrons. The van der Waals surface area contributed by atoms with Crippen LogP contribution in [0.15, 0.2) is 41.2 Å². The second kappa shape index (κ2) is 6.04. The molecule has 0 aliphatic carbocycles. The van der Waals surface area contributed by atoms with E-state index in [0.29, 0.717) is 11.3 Å². The molecule has 0 saturated heterocycles. The summed E-state index contributed by atoms with van der Waals surface area (Å²) < 4.78 is 4.64. The number of hydrogen-bond donors (Lipinski definition) is 2. The van der Waals surface area contributed by atoms with E-state index in [0.717, 1.165) is 5.56 Å². The van der Waals surface area contributed by atoms with E-state index < -0.39 is 11.9 Å². The van der Waals surface area contributed by atoms with E-state index in [9.17, 15) is 14.4 Å². The second-order valence-corrected chi connectivity index (χ2v) is 4.40. The molecule has 0 fully saturated rings. The number of H-pyrrole nitrogens is 1. The van der Waals surface area contributed by atoms with Crippen LogP contribution in [0.3, 0.4) is 0 Å². The van der Waals surface area contributed by atoms with E-state index in [1.807, 2.05) is 0 Å². The Morgan fingerprint density at radius 2 is 1.95 bits per heavy atom. The number of hydrogen-bond acceptors (Lipinski definition) is 4. The Kier molecular flexibility index (Phi) is 4.18. The van der Waals surface area contributed by atoms with Crippen LogP contribution in [-0.2, 0) is 4.74 Å². The number of carbonyl (C=O) groups excluding carboxylic acids is 2. The van der Waals surface area contributed by atoms with E-state index in [1.165, 1.54) is 31.4 Å². The highest BCUT2D eigenvalue weighted by atomic mass is 16.5. The number of carbonyl (C=O) groups is 2. The summed E-state index contributed by atoms with van der Waals surface area (Å²) in [6.07, 6.45) is 0. The van der Waals surface area contributed by atoms with Crippen molar-refractivity contribution in [1.29, 1.82) is 0 Å². The number of benzene rings is 1. The lowest BCUT2D eigenvalue weighted by molar-refractivity contribution is 0.0600. The number of methoxy groups -OCH3 is 1. The fraction of sp³-hybridized carbons (Fsp3) is 0.133. The van der Waals surface area contributed by atoms with E-state index >= 15 is 0 Å². The molecule has 0 aliphatic heterocycles. The van der Waals surface area contributed by atoms with Crippen LogP contribution >= 0.6 is 0 Å². The Morgan fingerprint density at radius 1 is 1.19 bits per heavy atom. The fourth-order valence-electron chi connectivity index (χ4n) is 1.77. The Hall–Kier alpha value is -2.89. The number of rotatable bonds is 3. The highest BCUT2D eigenvalue weighted by Crippen LogP contribution is 2.18. The first-order valence-corrected chi connectivity index (χ1v) is 6.21. The van der Waals surface area contributed by atoms with Gasteiger partial charge in [0.1, 0.15) is 5.69 Å². The molecular weight excluding hydrogens is 272 g/mol. The number of anilines is 1. The molecule has 2 aromatic rings. The summed E-state index contributed by atoms with van der Waals surface area (Å²) in [5, 5.41) is 2.66. The largest absolute Gasteiger partial charge is 0.465 e. The minimum atomic E-state index is -0.487.